The molecule has 0 N–H and O–H groups in total. The molecule has 2 heterocycles. The number of fused-ring (bicyclic) bond motifs is 2. The van der Waals surface area contributed by atoms with Crippen molar-refractivity contribution >= 4 is 21.9 Å². The highest BCUT2D eigenvalue weighted by atomic mass is 79.9. The van der Waals surface area contributed by atoms with Crippen molar-refractivity contribution in [1.29, 1.82) is 0 Å². The van der Waals surface area contributed by atoms with Gasteiger partial charge >= 0.3 is 5.97 Å². The van der Waals surface area contributed by atoms with E-state index >= 15 is 0 Å². The first-order chi connectivity index (χ1) is 15.3. The largest absolute Gasteiger partial charge is 0.497 e. The van der Waals surface area contributed by atoms with Gasteiger partial charge in [0.05, 0.1) is 24.3 Å². The molecule has 2 aliphatic rings. The summed E-state index contributed by atoms with van der Waals surface area (Å²) in [6.07, 6.45) is 4.10. The Morgan fingerprint density at radius 1 is 1.31 bits per heavy atom. The van der Waals surface area contributed by atoms with Gasteiger partial charge in [0.1, 0.15) is 12.4 Å². The zero-order valence-corrected chi connectivity index (χ0v) is 20.9. The smallest absolute Gasteiger partial charge is 0.360 e. The van der Waals surface area contributed by atoms with Gasteiger partial charge in [-0.25, -0.2) is 4.79 Å². The number of methoxy groups -OCH3 is 1. The molecular formula is C25H31BrN2O4. The van der Waals surface area contributed by atoms with Crippen molar-refractivity contribution in [3.05, 3.63) is 57.8 Å². The van der Waals surface area contributed by atoms with Gasteiger partial charge in [0, 0.05) is 24.1 Å². The molecule has 0 unspecified atom stereocenters. The van der Waals surface area contributed by atoms with E-state index in [1.165, 1.54) is 5.57 Å². The molecule has 4 rings (SSSR count). The Balaban J connectivity index is 1.56. The summed E-state index contributed by atoms with van der Waals surface area (Å²) in [7, 11) is 1.67. The number of carbonyl (C=O) groups excluding carboxylic acids is 1. The molecule has 0 saturated carbocycles. The normalized spacial score (nSPS) is 29.4. The number of hydrogen-bond donors (Lipinski definition) is 0. The van der Waals surface area contributed by atoms with Crippen molar-refractivity contribution in [2.45, 2.75) is 40.3 Å². The first kappa shape index (κ1) is 23.1. The number of rotatable bonds is 6. The Kier molecular flexibility index (Phi) is 6.50. The fraction of sp³-hybridized carbons (Fsp3) is 0.520. The van der Waals surface area contributed by atoms with Gasteiger partial charge in [-0.2, -0.15) is 5.10 Å². The van der Waals surface area contributed by atoms with E-state index in [-0.39, 0.29) is 29.3 Å². The molecule has 1 saturated heterocycles. The molecule has 7 heteroatoms. The molecule has 32 heavy (non-hydrogen) atoms. The van der Waals surface area contributed by atoms with E-state index in [1.54, 1.807) is 18.0 Å². The molecule has 0 amide bonds. The summed E-state index contributed by atoms with van der Waals surface area (Å²) < 4.78 is 20.0. The predicted octanol–water partition coefficient (Wildman–Crippen LogP) is 5.44. The molecule has 1 aliphatic carbocycles. The van der Waals surface area contributed by atoms with Crippen molar-refractivity contribution in [3.8, 4) is 5.75 Å². The predicted molar refractivity (Wildman–Crippen MR) is 126 cm³/mol. The lowest BCUT2D eigenvalue weighted by Crippen LogP contribution is -2.54. The van der Waals surface area contributed by atoms with Gasteiger partial charge in [0.25, 0.3) is 0 Å². The van der Waals surface area contributed by atoms with Crippen LogP contribution in [0.15, 0.2) is 46.6 Å². The Morgan fingerprint density at radius 2 is 2.03 bits per heavy atom. The summed E-state index contributed by atoms with van der Waals surface area (Å²) in [6.45, 7) is 10.2. The van der Waals surface area contributed by atoms with Crippen molar-refractivity contribution in [2.24, 2.45) is 23.2 Å². The number of nitrogens with zero attached hydrogens (tertiary/aromatic N) is 2. The lowest BCUT2D eigenvalue weighted by Gasteiger charge is -2.55. The van der Waals surface area contributed by atoms with Crippen molar-refractivity contribution in [3.63, 3.8) is 0 Å². The van der Waals surface area contributed by atoms with Crippen LogP contribution in [-0.2, 0) is 16.0 Å². The lowest BCUT2D eigenvalue weighted by atomic mass is 9.56. The highest BCUT2D eigenvalue weighted by Gasteiger charge is 2.54. The van der Waals surface area contributed by atoms with Gasteiger partial charge in [-0.15, -0.1) is 0 Å². The van der Waals surface area contributed by atoms with Gasteiger partial charge in [0.2, 0.25) is 0 Å². The third kappa shape index (κ3) is 3.90. The average Bonchev–Trinajstić information content (AvgIpc) is 3.17. The maximum absolute atomic E-state index is 12.8. The summed E-state index contributed by atoms with van der Waals surface area (Å²) in [6, 6.07) is 8.11. The molecule has 172 valence electrons. The maximum atomic E-state index is 12.8. The second-order valence-electron chi connectivity index (χ2n) is 9.01. The maximum Gasteiger partial charge on any atom is 0.360 e. The highest BCUT2D eigenvalue weighted by Crippen LogP contribution is 2.56. The van der Waals surface area contributed by atoms with Crippen molar-refractivity contribution in [1.82, 2.24) is 9.78 Å². The summed E-state index contributed by atoms with van der Waals surface area (Å²) >= 11 is 3.42. The molecule has 5 atom stereocenters. The minimum absolute atomic E-state index is 0.0297. The molecule has 0 spiro atoms. The van der Waals surface area contributed by atoms with Crippen molar-refractivity contribution in [2.75, 3.05) is 20.3 Å². The van der Waals surface area contributed by atoms with Crippen LogP contribution in [0.4, 0.5) is 0 Å². The van der Waals surface area contributed by atoms with E-state index in [4.69, 9.17) is 14.2 Å². The number of allylic oxidation sites excluding steroid dienone is 1. The number of carbonyl (C=O) groups is 1. The van der Waals surface area contributed by atoms with Crippen LogP contribution in [0, 0.1) is 23.2 Å². The molecular weight excluding hydrogens is 472 g/mol. The van der Waals surface area contributed by atoms with E-state index in [1.807, 2.05) is 19.1 Å². The molecule has 1 aromatic carbocycles. The lowest BCUT2D eigenvalue weighted by molar-refractivity contribution is -0.166. The van der Waals surface area contributed by atoms with Crippen LogP contribution in [-0.4, -0.2) is 36.1 Å². The summed E-state index contributed by atoms with van der Waals surface area (Å²) in [5.41, 5.74) is 2.51. The Labute approximate surface area is 198 Å². The van der Waals surface area contributed by atoms with Crippen LogP contribution >= 0.6 is 15.9 Å². The average molecular weight is 503 g/mol. The molecule has 2 aromatic rings. The van der Waals surface area contributed by atoms with Crippen LogP contribution in [0.25, 0.3) is 0 Å². The third-order valence-corrected chi connectivity index (χ3v) is 7.98. The zero-order valence-electron chi connectivity index (χ0n) is 19.3. The Morgan fingerprint density at radius 3 is 2.66 bits per heavy atom. The molecule has 1 aromatic heterocycles. The second-order valence-corrected chi connectivity index (χ2v) is 9.86. The minimum atomic E-state index is -0.405. The number of ether oxygens (including phenoxy) is 3. The minimum Gasteiger partial charge on any atom is -0.497 e. The van der Waals surface area contributed by atoms with Gasteiger partial charge in [-0.1, -0.05) is 37.6 Å². The second kappa shape index (κ2) is 9.02. The molecule has 6 nitrogen and oxygen atoms in total. The number of benzene rings is 1. The SMILES string of the molecule is CCn1cc(Br)c(C(=O)OC[C@@]23CO[C@@H](c4ccc(OC)cc4)[C@@H](C(C)=C[C@H]2C)[C@H]3C)n1. The van der Waals surface area contributed by atoms with E-state index in [2.05, 4.69) is 60.0 Å². The van der Waals surface area contributed by atoms with Crippen LogP contribution in [0.3, 0.4) is 0 Å². The summed E-state index contributed by atoms with van der Waals surface area (Å²) in [5, 5.41) is 4.33. The molecule has 2 bridgehead atoms. The standard InChI is InChI=1S/C25H31BrN2O4/c1-6-28-12-20(26)22(27-28)24(29)32-14-25-13-31-23(18-7-9-19(30-5)10-8-18)21(17(25)4)15(2)11-16(25)3/h7-12,16-17,21,23H,6,13-14H2,1-5H3/t16-,17-,21+,23+,25+/m1/s1. The number of halogens is 1. The Bertz CT molecular complexity index is 1020. The topological polar surface area (TPSA) is 62.6 Å². The van der Waals surface area contributed by atoms with E-state index in [9.17, 15) is 4.79 Å². The number of aromatic nitrogens is 2. The van der Waals surface area contributed by atoms with Crippen LogP contribution in [0.1, 0.15) is 49.9 Å². The van der Waals surface area contributed by atoms with Gasteiger partial charge in [-0.05, 0) is 59.3 Å². The van der Waals surface area contributed by atoms with Crippen LogP contribution in [0.5, 0.6) is 5.75 Å². The zero-order chi connectivity index (χ0) is 23.0. The van der Waals surface area contributed by atoms with E-state index in [0.29, 0.717) is 29.9 Å². The fourth-order valence-electron chi connectivity index (χ4n) is 5.32. The molecule has 1 aliphatic heterocycles. The summed E-state index contributed by atoms with van der Waals surface area (Å²) in [4.78, 5) is 12.8. The quantitative estimate of drug-likeness (QED) is 0.388. The van der Waals surface area contributed by atoms with E-state index < -0.39 is 5.97 Å². The molecule has 1 fully saturated rings. The van der Waals surface area contributed by atoms with Crippen LogP contribution < -0.4 is 4.74 Å². The number of hydrogen-bond acceptors (Lipinski definition) is 5. The number of esters is 1. The van der Waals surface area contributed by atoms with Gasteiger partial charge in [0.15, 0.2) is 5.69 Å². The third-order valence-electron chi connectivity index (χ3n) is 7.40. The molecule has 0 radical (unpaired) electrons. The van der Waals surface area contributed by atoms with Crippen molar-refractivity contribution < 1.29 is 19.0 Å². The highest BCUT2D eigenvalue weighted by molar-refractivity contribution is 9.10. The monoisotopic (exact) mass is 502 g/mol. The first-order valence-corrected chi connectivity index (χ1v) is 11.9. The fourth-order valence-corrected chi connectivity index (χ4v) is 5.80. The van der Waals surface area contributed by atoms with Gasteiger partial charge in [-0.3, -0.25) is 4.68 Å². The summed E-state index contributed by atoms with van der Waals surface area (Å²) in [5.74, 6) is 1.17. The van der Waals surface area contributed by atoms with Crippen LogP contribution in [0.2, 0.25) is 0 Å². The van der Waals surface area contributed by atoms with Gasteiger partial charge < -0.3 is 14.2 Å². The first-order valence-electron chi connectivity index (χ1n) is 11.1. The number of aryl methyl sites for hydroxylation is 1. The Hall–Kier alpha value is -2.12. The van der Waals surface area contributed by atoms with E-state index in [0.717, 1.165) is 11.3 Å².